The molecule has 2 N–H and O–H groups in total. The van der Waals surface area contributed by atoms with Crippen LogP contribution in [-0.2, 0) is 6.42 Å². The molecule has 1 aromatic rings. The maximum absolute atomic E-state index is 12.7. The standard InChI is InChI=1S/C13H14F3N3/c14-13(15,16)10(6-17)7-19-8-11(18)5-9-3-1-2-4-12(9)19/h1-4,10-11H,5,7-8,18H2. The molecular weight excluding hydrogens is 255 g/mol. The molecule has 0 bridgehead atoms. The summed E-state index contributed by atoms with van der Waals surface area (Å²) in [6.45, 7) is -0.0318. The second-order valence-corrected chi connectivity index (χ2v) is 4.72. The minimum Gasteiger partial charge on any atom is -0.368 e. The summed E-state index contributed by atoms with van der Waals surface area (Å²) in [7, 11) is 0. The number of hydrogen-bond donors (Lipinski definition) is 1. The van der Waals surface area contributed by atoms with Gasteiger partial charge in [-0.2, -0.15) is 18.4 Å². The SMILES string of the molecule is N#CC(CN1CC(N)Cc2ccccc21)C(F)(F)F. The summed E-state index contributed by atoms with van der Waals surface area (Å²) in [6, 6.07) is 8.36. The van der Waals surface area contributed by atoms with Gasteiger partial charge in [-0.3, -0.25) is 0 Å². The van der Waals surface area contributed by atoms with Crippen LogP contribution < -0.4 is 10.6 Å². The predicted molar refractivity (Wildman–Crippen MR) is 65.5 cm³/mol. The Morgan fingerprint density at radius 3 is 2.74 bits per heavy atom. The molecule has 19 heavy (non-hydrogen) atoms. The lowest BCUT2D eigenvalue weighted by atomic mass is 9.97. The van der Waals surface area contributed by atoms with Crippen LogP contribution in [0.15, 0.2) is 24.3 Å². The van der Waals surface area contributed by atoms with E-state index in [2.05, 4.69) is 0 Å². The normalized spacial score (nSPS) is 20.6. The fraction of sp³-hybridized carbons (Fsp3) is 0.462. The van der Waals surface area contributed by atoms with Gasteiger partial charge in [-0.1, -0.05) is 18.2 Å². The number of hydrogen-bond acceptors (Lipinski definition) is 3. The van der Waals surface area contributed by atoms with Crippen molar-refractivity contribution in [1.82, 2.24) is 0 Å². The number of nitriles is 1. The van der Waals surface area contributed by atoms with E-state index in [4.69, 9.17) is 11.0 Å². The van der Waals surface area contributed by atoms with E-state index < -0.39 is 12.1 Å². The number of alkyl halides is 3. The number of fused-ring (bicyclic) bond motifs is 1. The maximum Gasteiger partial charge on any atom is 0.406 e. The average molecular weight is 269 g/mol. The fourth-order valence-corrected chi connectivity index (χ4v) is 2.33. The Morgan fingerprint density at radius 1 is 1.42 bits per heavy atom. The lowest BCUT2D eigenvalue weighted by Gasteiger charge is -2.36. The Morgan fingerprint density at radius 2 is 2.11 bits per heavy atom. The lowest BCUT2D eigenvalue weighted by Crippen LogP contribution is -2.46. The van der Waals surface area contributed by atoms with E-state index in [1.54, 1.807) is 17.0 Å². The summed E-state index contributed by atoms with van der Waals surface area (Å²) in [5.41, 5.74) is 7.54. The van der Waals surface area contributed by atoms with Crippen LogP contribution in [0.1, 0.15) is 5.56 Å². The van der Waals surface area contributed by atoms with Gasteiger partial charge in [0, 0.05) is 24.8 Å². The van der Waals surface area contributed by atoms with E-state index in [0.29, 0.717) is 13.0 Å². The zero-order valence-electron chi connectivity index (χ0n) is 10.2. The molecule has 3 nitrogen and oxygen atoms in total. The zero-order valence-corrected chi connectivity index (χ0v) is 10.2. The Hall–Kier alpha value is -1.74. The lowest BCUT2D eigenvalue weighted by molar-refractivity contribution is -0.156. The Labute approximate surface area is 109 Å². The molecular formula is C13H14F3N3. The quantitative estimate of drug-likeness (QED) is 0.894. The number of nitrogens with two attached hydrogens (primary N) is 1. The van der Waals surface area contributed by atoms with Crippen molar-refractivity contribution in [3.8, 4) is 6.07 Å². The van der Waals surface area contributed by atoms with Crippen LogP contribution in [0.5, 0.6) is 0 Å². The van der Waals surface area contributed by atoms with E-state index in [9.17, 15) is 13.2 Å². The van der Waals surface area contributed by atoms with Gasteiger partial charge in [-0.15, -0.1) is 0 Å². The molecule has 1 aromatic carbocycles. The van der Waals surface area contributed by atoms with Crippen molar-refractivity contribution in [2.45, 2.75) is 18.6 Å². The van der Waals surface area contributed by atoms with Crippen molar-refractivity contribution in [3.05, 3.63) is 29.8 Å². The molecule has 102 valence electrons. The molecule has 2 atom stereocenters. The molecule has 0 aliphatic carbocycles. The van der Waals surface area contributed by atoms with E-state index in [1.165, 1.54) is 6.07 Å². The first-order chi connectivity index (χ1) is 8.91. The number of para-hydroxylation sites is 1. The van der Waals surface area contributed by atoms with Gasteiger partial charge in [0.2, 0.25) is 0 Å². The first kappa shape index (κ1) is 13.7. The molecule has 0 fully saturated rings. The van der Waals surface area contributed by atoms with Crippen LogP contribution in [0.2, 0.25) is 0 Å². The van der Waals surface area contributed by atoms with E-state index in [-0.39, 0.29) is 12.6 Å². The Kier molecular flexibility index (Phi) is 3.67. The monoisotopic (exact) mass is 269 g/mol. The van der Waals surface area contributed by atoms with Crippen molar-refractivity contribution < 1.29 is 13.2 Å². The van der Waals surface area contributed by atoms with Gasteiger partial charge in [0.15, 0.2) is 5.92 Å². The number of anilines is 1. The minimum absolute atomic E-state index is 0.206. The van der Waals surface area contributed by atoms with Crippen LogP contribution in [0.4, 0.5) is 18.9 Å². The van der Waals surface area contributed by atoms with Crippen molar-refractivity contribution in [3.63, 3.8) is 0 Å². The molecule has 0 amide bonds. The average Bonchev–Trinajstić information content (AvgIpc) is 2.34. The first-order valence-corrected chi connectivity index (χ1v) is 5.96. The molecule has 1 heterocycles. The van der Waals surface area contributed by atoms with Crippen molar-refractivity contribution in [2.24, 2.45) is 11.7 Å². The van der Waals surface area contributed by atoms with E-state index in [0.717, 1.165) is 11.3 Å². The van der Waals surface area contributed by atoms with Gasteiger partial charge in [0.05, 0.1) is 6.07 Å². The van der Waals surface area contributed by atoms with Crippen LogP contribution in [-0.4, -0.2) is 25.3 Å². The van der Waals surface area contributed by atoms with E-state index in [1.807, 2.05) is 12.1 Å². The molecule has 0 radical (unpaired) electrons. The molecule has 0 spiro atoms. The molecule has 0 aromatic heterocycles. The molecule has 1 aliphatic rings. The summed E-state index contributed by atoms with van der Waals surface area (Å²) >= 11 is 0. The largest absolute Gasteiger partial charge is 0.406 e. The number of halogens is 3. The number of rotatable bonds is 2. The van der Waals surface area contributed by atoms with Gasteiger partial charge in [0.1, 0.15) is 0 Å². The molecule has 1 aliphatic heterocycles. The summed E-state index contributed by atoms with van der Waals surface area (Å²) < 4.78 is 38.0. The molecule has 2 rings (SSSR count). The summed E-state index contributed by atoms with van der Waals surface area (Å²) in [4.78, 5) is 1.56. The Balaban J connectivity index is 2.24. The smallest absolute Gasteiger partial charge is 0.368 e. The highest BCUT2D eigenvalue weighted by Gasteiger charge is 2.41. The van der Waals surface area contributed by atoms with Crippen LogP contribution >= 0.6 is 0 Å². The van der Waals surface area contributed by atoms with Crippen LogP contribution in [0.25, 0.3) is 0 Å². The summed E-state index contributed by atoms with van der Waals surface area (Å²) in [5, 5.41) is 8.68. The van der Waals surface area contributed by atoms with Gasteiger partial charge >= 0.3 is 6.18 Å². The third-order valence-corrected chi connectivity index (χ3v) is 3.22. The van der Waals surface area contributed by atoms with Crippen LogP contribution in [0, 0.1) is 17.2 Å². The van der Waals surface area contributed by atoms with Crippen molar-refractivity contribution in [2.75, 3.05) is 18.0 Å². The zero-order chi connectivity index (χ0) is 14.0. The third-order valence-electron chi connectivity index (χ3n) is 3.22. The highest BCUT2D eigenvalue weighted by molar-refractivity contribution is 5.56. The predicted octanol–water partition coefficient (Wildman–Crippen LogP) is 2.08. The second kappa shape index (κ2) is 5.10. The highest BCUT2D eigenvalue weighted by Crippen LogP contribution is 2.31. The van der Waals surface area contributed by atoms with Gasteiger partial charge in [-0.05, 0) is 18.1 Å². The molecule has 6 heteroatoms. The fourth-order valence-electron chi connectivity index (χ4n) is 2.33. The first-order valence-electron chi connectivity index (χ1n) is 5.96. The third kappa shape index (κ3) is 2.99. The molecule has 2 unspecified atom stereocenters. The van der Waals surface area contributed by atoms with Crippen LogP contribution in [0.3, 0.4) is 0 Å². The van der Waals surface area contributed by atoms with Gasteiger partial charge < -0.3 is 10.6 Å². The minimum atomic E-state index is -4.51. The second-order valence-electron chi connectivity index (χ2n) is 4.72. The van der Waals surface area contributed by atoms with E-state index >= 15 is 0 Å². The molecule has 0 saturated heterocycles. The Bertz CT molecular complexity index is 493. The number of nitrogens with zero attached hydrogens (tertiary/aromatic N) is 2. The topological polar surface area (TPSA) is 53.0 Å². The van der Waals surface area contributed by atoms with Crippen molar-refractivity contribution in [1.29, 1.82) is 5.26 Å². The maximum atomic E-state index is 12.7. The molecule has 0 saturated carbocycles. The highest BCUT2D eigenvalue weighted by atomic mass is 19.4. The summed E-state index contributed by atoms with van der Waals surface area (Å²) in [5.74, 6) is -1.99. The summed E-state index contributed by atoms with van der Waals surface area (Å²) in [6.07, 6.45) is -3.86. The number of benzene rings is 1. The van der Waals surface area contributed by atoms with Crippen molar-refractivity contribution >= 4 is 5.69 Å². The van der Waals surface area contributed by atoms with Gasteiger partial charge in [-0.25, -0.2) is 0 Å². The van der Waals surface area contributed by atoms with Gasteiger partial charge in [0.25, 0.3) is 0 Å².